The zero-order valence-corrected chi connectivity index (χ0v) is 17.7. The molecule has 0 aromatic heterocycles. The van der Waals surface area contributed by atoms with Gasteiger partial charge >= 0.3 is 0 Å². The Morgan fingerprint density at radius 1 is 1.07 bits per heavy atom. The number of para-hydroxylation sites is 1. The second-order valence-electron chi connectivity index (χ2n) is 6.94. The average molecular weight is 417 g/mol. The van der Waals surface area contributed by atoms with Crippen LogP contribution in [-0.4, -0.2) is 60.1 Å². The van der Waals surface area contributed by atoms with Crippen molar-refractivity contribution in [2.45, 2.75) is 12.7 Å². The molecular formula is C22H29FN4OS. The Morgan fingerprint density at radius 2 is 1.76 bits per heavy atom. The van der Waals surface area contributed by atoms with Gasteiger partial charge in [0.15, 0.2) is 5.96 Å². The first-order valence-electron chi connectivity index (χ1n) is 10.1. The Morgan fingerprint density at radius 3 is 2.45 bits per heavy atom. The molecule has 1 N–H and O–H groups in total. The highest BCUT2D eigenvalue weighted by Gasteiger charge is 2.21. The minimum atomic E-state index is -0.933. The molecule has 1 fully saturated rings. The maximum atomic E-state index is 14.0. The molecular weight excluding hydrogens is 387 g/mol. The summed E-state index contributed by atoms with van der Waals surface area (Å²) < 4.78 is 26.4. The van der Waals surface area contributed by atoms with Gasteiger partial charge in [0.1, 0.15) is 5.82 Å². The van der Waals surface area contributed by atoms with E-state index in [0.29, 0.717) is 23.7 Å². The summed E-state index contributed by atoms with van der Waals surface area (Å²) in [6.07, 6.45) is 0. The van der Waals surface area contributed by atoms with Crippen LogP contribution in [0.15, 0.2) is 59.6 Å². The van der Waals surface area contributed by atoms with Crippen LogP contribution in [0.4, 0.5) is 10.1 Å². The molecule has 3 rings (SSSR count). The highest BCUT2D eigenvalue weighted by atomic mass is 32.2. The molecule has 1 aliphatic heterocycles. The van der Waals surface area contributed by atoms with Crippen molar-refractivity contribution in [2.75, 3.05) is 49.9 Å². The zero-order valence-electron chi connectivity index (χ0n) is 16.9. The number of nitrogens with one attached hydrogen (secondary N) is 1. The first-order chi connectivity index (χ1) is 14.2. The van der Waals surface area contributed by atoms with Crippen molar-refractivity contribution in [3.8, 4) is 0 Å². The molecule has 0 bridgehead atoms. The second-order valence-corrected chi connectivity index (χ2v) is 8.51. The van der Waals surface area contributed by atoms with Crippen LogP contribution in [0, 0.1) is 5.82 Å². The van der Waals surface area contributed by atoms with Crippen LogP contribution in [-0.2, 0) is 16.6 Å². The molecule has 1 saturated heterocycles. The molecule has 7 heteroatoms. The first kappa shape index (κ1) is 21.3. The van der Waals surface area contributed by atoms with Crippen molar-refractivity contribution >= 4 is 22.4 Å². The summed E-state index contributed by atoms with van der Waals surface area (Å²) in [7, 11) is -0.933. The Hall–Kier alpha value is -2.41. The number of hydrogen-bond donors (Lipinski definition) is 1. The van der Waals surface area contributed by atoms with Gasteiger partial charge in [0.25, 0.3) is 0 Å². The molecule has 0 amide bonds. The molecule has 0 saturated carbocycles. The molecule has 1 heterocycles. The van der Waals surface area contributed by atoms with Gasteiger partial charge in [-0.2, -0.15) is 0 Å². The fraction of sp³-hybridized carbons (Fsp3) is 0.409. The highest BCUT2D eigenvalue weighted by molar-refractivity contribution is 7.84. The number of anilines is 1. The van der Waals surface area contributed by atoms with Crippen molar-refractivity contribution < 1.29 is 8.60 Å². The zero-order chi connectivity index (χ0) is 20.5. The van der Waals surface area contributed by atoms with Gasteiger partial charge in [-0.25, -0.2) is 4.39 Å². The van der Waals surface area contributed by atoms with Gasteiger partial charge in [-0.1, -0.05) is 42.5 Å². The summed E-state index contributed by atoms with van der Waals surface area (Å²) in [4.78, 5) is 8.95. The lowest BCUT2D eigenvalue weighted by molar-refractivity contribution is 0.371. The minimum absolute atomic E-state index is 0.178. The summed E-state index contributed by atoms with van der Waals surface area (Å²) in [6, 6.07) is 16.8. The molecule has 156 valence electrons. The van der Waals surface area contributed by atoms with Crippen molar-refractivity contribution in [3.63, 3.8) is 0 Å². The topological polar surface area (TPSA) is 47.9 Å². The molecule has 1 unspecified atom stereocenters. The minimum Gasteiger partial charge on any atom is -0.366 e. The SMILES string of the molecule is CCNC(=NCCS(=O)Cc1ccccc1)N1CCN(c2ccccc2F)CC1. The van der Waals surface area contributed by atoms with E-state index >= 15 is 0 Å². The van der Waals surface area contributed by atoms with E-state index in [4.69, 9.17) is 0 Å². The molecule has 2 aromatic carbocycles. The summed E-state index contributed by atoms with van der Waals surface area (Å²) in [5.41, 5.74) is 1.75. The van der Waals surface area contributed by atoms with Gasteiger partial charge < -0.3 is 15.1 Å². The molecule has 2 aromatic rings. The number of nitrogens with zero attached hydrogens (tertiary/aromatic N) is 3. The van der Waals surface area contributed by atoms with Gasteiger partial charge in [-0.15, -0.1) is 0 Å². The Labute approximate surface area is 175 Å². The van der Waals surface area contributed by atoms with E-state index in [9.17, 15) is 8.60 Å². The number of piperazine rings is 1. The Bertz CT molecular complexity index is 823. The van der Waals surface area contributed by atoms with E-state index in [1.54, 1.807) is 6.07 Å². The van der Waals surface area contributed by atoms with E-state index in [1.165, 1.54) is 6.07 Å². The fourth-order valence-corrected chi connectivity index (χ4v) is 4.38. The summed E-state index contributed by atoms with van der Waals surface area (Å²) >= 11 is 0. The van der Waals surface area contributed by atoms with Crippen LogP contribution < -0.4 is 10.2 Å². The molecule has 1 atom stereocenters. The third-order valence-electron chi connectivity index (χ3n) is 4.86. The molecule has 0 radical (unpaired) electrons. The van der Waals surface area contributed by atoms with Crippen molar-refractivity contribution in [1.82, 2.24) is 10.2 Å². The summed E-state index contributed by atoms with van der Waals surface area (Å²) in [6.45, 7) is 6.37. The average Bonchev–Trinajstić information content (AvgIpc) is 2.74. The first-order valence-corrected chi connectivity index (χ1v) is 11.6. The number of guanidine groups is 1. The molecule has 29 heavy (non-hydrogen) atoms. The van der Waals surface area contributed by atoms with Gasteiger partial charge in [0.2, 0.25) is 0 Å². The molecule has 1 aliphatic rings. The van der Waals surface area contributed by atoms with Gasteiger partial charge in [-0.3, -0.25) is 9.20 Å². The van der Waals surface area contributed by atoms with E-state index in [-0.39, 0.29) is 5.82 Å². The van der Waals surface area contributed by atoms with Gasteiger partial charge in [-0.05, 0) is 24.6 Å². The van der Waals surface area contributed by atoms with Crippen molar-refractivity contribution in [3.05, 3.63) is 66.0 Å². The standard InChI is InChI=1S/C22H29FN4OS/c1-2-24-22(25-12-17-29(28)18-19-8-4-3-5-9-19)27-15-13-26(14-16-27)21-11-7-6-10-20(21)23/h3-11H,2,12-18H2,1H3,(H,24,25). The van der Waals surface area contributed by atoms with E-state index < -0.39 is 10.8 Å². The normalized spacial score (nSPS) is 16.0. The monoisotopic (exact) mass is 416 g/mol. The lowest BCUT2D eigenvalue weighted by atomic mass is 10.2. The number of halogens is 1. The van der Waals surface area contributed by atoms with Crippen LogP contribution in [0.3, 0.4) is 0 Å². The lowest BCUT2D eigenvalue weighted by Gasteiger charge is -2.37. The Kier molecular flexibility index (Phi) is 8.04. The van der Waals surface area contributed by atoms with Crippen LogP contribution in [0.5, 0.6) is 0 Å². The quantitative estimate of drug-likeness (QED) is 0.557. The smallest absolute Gasteiger partial charge is 0.194 e. The Balaban J connectivity index is 1.51. The van der Waals surface area contributed by atoms with Gasteiger partial charge in [0, 0.05) is 55.0 Å². The number of hydrogen-bond acceptors (Lipinski definition) is 3. The molecule has 0 aliphatic carbocycles. The van der Waals surface area contributed by atoms with Crippen LogP contribution >= 0.6 is 0 Å². The summed E-state index contributed by atoms with van der Waals surface area (Å²) in [5.74, 6) is 1.77. The third-order valence-corrected chi connectivity index (χ3v) is 6.15. The number of benzene rings is 2. The second kappa shape index (κ2) is 11.0. The predicted octanol–water partition coefficient (Wildman–Crippen LogP) is 2.86. The maximum Gasteiger partial charge on any atom is 0.194 e. The third kappa shape index (κ3) is 6.29. The van der Waals surface area contributed by atoms with Crippen LogP contribution in [0.25, 0.3) is 0 Å². The van der Waals surface area contributed by atoms with Crippen LogP contribution in [0.2, 0.25) is 0 Å². The number of rotatable bonds is 7. The van der Waals surface area contributed by atoms with Crippen molar-refractivity contribution in [1.29, 1.82) is 0 Å². The van der Waals surface area contributed by atoms with Gasteiger partial charge in [0.05, 0.1) is 12.2 Å². The number of aliphatic imine (C=N–C) groups is 1. The largest absolute Gasteiger partial charge is 0.366 e. The lowest BCUT2D eigenvalue weighted by Crippen LogP contribution is -2.52. The molecule has 0 spiro atoms. The fourth-order valence-electron chi connectivity index (χ4n) is 3.38. The predicted molar refractivity (Wildman–Crippen MR) is 119 cm³/mol. The summed E-state index contributed by atoms with van der Waals surface area (Å²) in [5, 5.41) is 3.33. The van der Waals surface area contributed by atoms with Crippen molar-refractivity contribution in [2.24, 2.45) is 4.99 Å². The van der Waals surface area contributed by atoms with E-state index in [1.807, 2.05) is 49.4 Å². The maximum absolute atomic E-state index is 14.0. The molecule has 5 nitrogen and oxygen atoms in total. The van der Waals surface area contributed by atoms with E-state index in [0.717, 1.165) is 44.2 Å². The van der Waals surface area contributed by atoms with E-state index in [2.05, 4.69) is 20.1 Å². The van der Waals surface area contributed by atoms with Crippen LogP contribution in [0.1, 0.15) is 12.5 Å². The highest BCUT2D eigenvalue weighted by Crippen LogP contribution is 2.20.